The molecule has 1 aromatic rings. The third-order valence-electron chi connectivity index (χ3n) is 3.32. The predicted molar refractivity (Wildman–Crippen MR) is 80.1 cm³/mol. The van der Waals surface area contributed by atoms with Crippen LogP contribution in [-0.4, -0.2) is 35.1 Å². The van der Waals surface area contributed by atoms with E-state index in [0.717, 1.165) is 5.56 Å². The van der Waals surface area contributed by atoms with Crippen molar-refractivity contribution in [3.63, 3.8) is 0 Å². The minimum atomic E-state index is -1.46. The summed E-state index contributed by atoms with van der Waals surface area (Å²) < 4.78 is 0. The number of amides is 2. The van der Waals surface area contributed by atoms with Crippen molar-refractivity contribution >= 4 is 11.8 Å². The molecule has 0 aliphatic carbocycles. The molecule has 0 aliphatic heterocycles. The molecule has 2 amide bonds. The highest BCUT2D eigenvalue weighted by Gasteiger charge is 2.28. The summed E-state index contributed by atoms with van der Waals surface area (Å²) in [5.74, 6) is -1.34. The summed E-state index contributed by atoms with van der Waals surface area (Å²) in [4.78, 5) is 23.2. The number of nitrogens with one attached hydrogen (secondary N) is 1. The van der Waals surface area contributed by atoms with Gasteiger partial charge in [0, 0.05) is 0 Å². The Hall–Kier alpha value is -1.92. The molecule has 0 radical (unpaired) electrons. The second kappa shape index (κ2) is 7.75. The maximum Gasteiger partial charge on any atom is 0.248 e. The molecule has 116 valence electrons. The third kappa shape index (κ3) is 5.17. The van der Waals surface area contributed by atoms with E-state index < -0.39 is 30.0 Å². The Balaban J connectivity index is 2.83. The highest BCUT2D eigenvalue weighted by molar-refractivity contribution is 5.84. The third-order valence-corrected chi connectivity index (χ3v) is 3.32. The van der Waals surface area contributed by atoms with Gasteiger partial charge in [-0.05, 0) is 17.9 Å². The molecular weight excluding hydrogens is 270 g/mol. The van der Waals surface area contributed by atoms with Crippen LogP contribution in [0.3, 0.4) is 0 Å². The van der Waals surface area contributed by atoms with Crippen molar-refractivity contribution in [2.75, 3.05) is 0 Å². The summed E-state index contributed by atoms with van der Waals surface area (Å²) in [5, 5.41) is 12.5. The molecule has 0 bridgehead atoms. The molecule has 0 saturated heterocycles. The number of hydrogen-bond donors (Lipinski definition) is 4. The lowest BCUT2D eigenvalue weighted by molar-refractivity contribution is -0.130. The fraction of sp³-hybridized carbons (Fsp3) is 0.467. The lowest BCUT2D eigenvalue weighted by Gasteiger charge is -2.25. The first kappa shape index (κ1) is 17.1. The maximum atomic E-state index is 12.0. The fourth-order valence-electron chi connectivity index (χ4n) is 1.89. The van der Waals surface area contributed by atoms with Crippen molar-refractivity contribution in [2.24, 2.45) is 17.4 Å². The first-order chi connectivity index (χ1) is 9.82. The minimum Gasteiger partial charge on any atom is -0.381 e. The van der Waals surface area contributed by atoms with Gasteiger partial charge < -0.3 is 21.9 Å². The summed E-state index contributed by atoms with van der Waals surface area (Å²) in [6, 6.07) is 7.71. The van der Waals surface area contributed by atoms with E-state index in [1.54, 1.807) is 0 Å². The number of carbonyl (C=O) groups is 2. The molecule has 0 aliphatic rings. The van der Waals surface area contributed by atoms with E-state index >= 15 is 0 Å². The molecule has 1 rings (SSSR count). The van der Waals surface area contributed by atoms with Crippen molar-refractivity contribution in [1.82, 2.24) is 5.32 Å². The second-order valence-corrected chi connectivity index (χ2v) is 5.42. The van der Waals surface area contributed by atoms with Gasteiger partial charge in [0.1, 0.15) is 0 Å². The molecular formula is C15H23N3O3. The van der Waals surface area contributed by atoms with E-state index in [0.29, 0.717) is 6.42 Å². The molecule has 2 unspecified atom stereocenters. The number of nitrogens with two attached hydrogens (primary N) is 2. The highest BCUT2D eigenvalue weighted by atomic mass is 16.3. The van der Waals surface area contributed by atoms with Gasteiger partial charge in [-0.15, -0.1) is 0 Å². The Kier molecular flexibility index (Phi) is 6.33. The van der Waals surface area contributed by atoms with E-state index in [-0.39, 0.29) is 5.92 Å². The molecule has 3 atom stereocenters. The minimum absolute atomic E-state index is 0.0481. The van der Waals surface area contributed by atoms with Crippen LogP contribution < -0.4 is 16.8 Å². The second-order valence-electron chi connectivity index (χ2n) is 5.42. The first-order valence-corrected chi connectivity index (χ1v) is 6.90. The fourth-order valence-corrected chi connectivity index (χ4v) is 1.89. The zero-order chi connectivity index (χ0) is 16.0. The number of carbonyl (C=O) groups excluding carboxylic acids is 2. The molecule has 1 aromatic carbocycles. The Bertz CT molecular complexity index is 476. The molecule has 6 N–H and O–H groups in total. The zero-order valence-corrected chi connectivity index (χ0v) is 12.3. The van der Waals surface area contributed by atoms with Crippen molar-refractivity contribution in [2.45, 2.75) is 38.5 Å². The molecule has 0 heterocycles. The number of aliphatic hydroxyl groups is 1. The Morgan fingerprint density at radius 3 is 2.29 bits per heavy atom. The lowest BCUT2D eigenvalue weighted by atomic mass is 9.99. The van der Waals surface area contributed by atoms with Gasteiger partial charge in [-0.2, -0.15) is 0 Å². The van der Waals surface area contributed by atoms with Crippen LogP contribution in [0.1, 0.15) is 19.4 Å². The van der Waals surface area contributed by atoms with Crippen molar-refractivity contribution in [1.29, 1.82) is 0 Å². The van der Waals surface area contributed by atoms with E-state index in [9.17, 15) is 14.7 Å². The van der Waals surface area contributed by atoms with Crippen LogP contribution in [0, 0.1) is 5.92 Å². The summed E-state index contributed by atoms with van der Waals surface area (Å²) in [5.41, 5.74) is 11.8. The van der Waals surface area contributed by atoms with E-state index in [4.69, 9.17) is 11.5 Å². The molecule has 6 nitrogen and oxygen atoms in total. The quantitative estimate of drug-likeness (QED) is 0.544. The Morgan fingerprint density at radius 1 is 1.24 bits per heavy atom. The largest absolute Gasteiger partial charge is 0.381 e. The number of rotatable bonds is 7. The monoisotopic (exact) mass is 293 g/mol. The lowest BCUT2D eigenvalue weighted by Crippen LogP contribution is -2.55. The molecule has 0 fully saturated rings. The molecule has 0 saturated carbocycles. The SMILES string of the molecule is CC(C)[C@H](N)C(=O)NC(Cc1ccccc1)C(O)C(N)=O. The number of hydrogen-bond acceptors (Lipinski definition) is 4. The van der Waals surface area contributed by atoms with Crippen LogP contribution in [0.4, 0.5) is 0 Å². The normalized spacial score (nSPS) is 15.3. The van der Waals surface area contributed by atoms with Gasteiger partial charge in [-0.25, -0.2) is 0 Å². The Labute approximate surface area is 124 Å². The predicted octanol–water partition coefficient (Wildman–Crippen LogP) is -0.457. The number of aliphatic hydroxyl groups excluding tert-OH is 1. The van der Waals surface area contributed by atoms with Crippen LogP contribution in [0.2, 0.25) is 0 Å². The van der Waals surface area contributed by atoms with Crippen LogP contribution in [-0.2, 0) is 16.0 Å². The van der Waals surface area contributed by atoms with Gasteiger partial charge in [-0.3, -0.25) is 9.59 Å². The van der Waals surface area contributed by atoms with Gasteiger partial charge in [0.2, 0.25) is 11.8 Å². The summed E-state index contributed by atoms with van der Waals surface area (Å²) in [6.07, 6.45) is -1.17. The first-order valence-electron chi connectivity index (χ1n) is 6.90. The zero-order valence-electron chi connectivity index (χ0n) is 12.3. The smallest absolute Gasteiger partial charge is 0.248 e. The van der Waals surface area contributed by atoms with Gasteiger partial charge in [0.05, 0.1) is 12.1 Å². The van der Waals surface area contributed by atoms with Crippen molar-refractivity contribution < 1.29 is 14.7 Å². The molecule has 6 heteroatoms. The van der Waals surface area contributed by atoms with Crippen LogP contribution in [0.25, 0.3) is 0 Å². The van der Waals surface area contributed by atoms with Crippen molar-refractivity contribution in [3.8, 4) is 0 Å². The van der Waals surface area contributed by atoms with E-state index in [2.05, 4.69) is 5.32 Å². The average Bonchev–Trinajstić information content (AvgIpc) is 2.45. The van der Waals surface area contributed by atoms with E-state index in [1.165, 1.54) is 0 Å². The number of benzene rings is 1. The number of primary amides is 1. The van der Waals surface area contributed by atoms with Gasteiger partial charge >= 0.3 is 0 Å². The molecule has 0 spiro atoms. The summed E-state index contributed by atoms with van der Waals surface area (Å²) in [7, 11) is 0. The standard InChI is InChI=1S/C15H23N3O3/c1-9(2)12(16)15(21)18-11(13(19)14(17)20)8-10-6-4-3-5-7-10/h3-7,9,11-13,19H,8,16H2,1-2H3,(H2,17,20)(H,18,21)/t11?,12-,13?/m0/s1. The maximum absolute atomic E-state index is 12.0. The molecule has 0 aromatic heterocycles. The van der Waals surface area contributed by atoms with Crippen LogP contribution in [0.5, 0.6) is 0 Å². The van der Waals surface area contributed by atoms with Crippen LogP contribution in [0.15, 0.2) is 30.3 Å². The highest BCUT2D eigenvalue weighted by Crippen LogP contribution is 2.08. The molecule has 21 heavy (non-hydrogen) atoms. The van der Waals surface area contributed by atoms with Crippen LogP contribution >= 0.6 is 0 Å². The van der Waals surface area contributed by atoms with E-state index in [1.807, 2.05) is 44.2 Å². The van der Waals surface area contributed by atoms with Gasteiger partial charge in [-0.1, -0.05) is 44.2 Å². The summed E-state index contributed by atoms with van der Waals surface area (Å²) in [6.45, 7) is 3.64. The van der Waals surface area contributed by atoms with Gasteiger partial charge in [0.15, 0.2) is 6.10 Å². The van der Waals surface area contributed by atoms with Crippen molar-refractivity contribution in [3.05, 3.63) is 35.9 Å². The summed E-state index contributed by atoms with van der Waals surface area (Å²) >= 11 is 0. The topological polar surface area (TPSA) is 118 Å². The average molecular weight is 293 g/mol. The van der Waals surface area contributed by atoms with Gasteiger partial charge in [0.25, 0.3) is 0 Å². The Morgan fingerprint density at radius 2 is 1.81 bits per heavy atom.